The second kappa shape index (κ2) is 9.45. The standard InChI is InChI=1S/C21H24N4O3/c1-27-17-9-10-18(19(15-17)28-2)24-21(26)23-11-6-13-25-14-12-22-20(25)16-7-4-3-5-8-16/h3-5,7-10,12,14-15H,6,11,13H2,1-2H3,(H2,23,24,26). The lowest BCUT2D eigenvalue weighted by molar-refractivity contribution is 0.251. The Morgan fingerprint density at radius 2 is 1.93 bits per heavy atom. The predicted molar refractivity (Wildman–Crippen MR) is 109 cm³/mol. The second-order valence-electron chi connectivity index (χ2n) is 6.11. The van der Waals surface area contributed by atoms with Gasteiger partial charge in [0.1, 0.15) is 17.3 Å². The first-order valence-electron chi connectivity index (χ1n) is 9.04. The molecule has 0 saturated carbocycles. The van der Waals surface area contributed by atoms with Gasteiger partial charge in [0.05, 0.1) is 19.9 Å². The molecule has 0 aliphatic rings. The van der Waals surface area contributed by atoms with Crippen molar-refractivity contribution >= 4 is 11.7 Å². The third-order valence-electron chi connectivity index (χ3n) is 4.27. The van der Waals surface area contributed by atoms with E-state index in [2.05, 4.69) is 20.2 Å². The van der Waals surface area contributed by atoms with Crippen molar-refractivity contribution in [1.29, 1.82) is 0 Å². The van der Waals surface area contributed by atoms with Gasteiger partial charge >= 0.3 is 6.03 Å². The van der Waals surface area contributed by atoms with Crippen molar-refractivity contribution in [2.24, 2.45) is 0 Å². The number of methoxy groups -OCH3 is 2. The summed E-state index contributed by atoms with van der Waals surface area (Å²) in [5.41, 5.74) is 1.66. The smallest absolute Gasteiger partial charge is 0.319 e. The van der Waals surface area contributed by atoms with Crippen molar-refractivity contribution in [2.45, 2.75) is 13.0 Å². The Bertz CT molecular complexity index is 909. The summed E-state index contributed by atoms with van der Waals surface area (Å²) in [5, 5.41) is 5.66. The molecular weight excluding hydrogens is 356 g/mol. The van der Waals surface area contributed by atoms with E-state index in [4.69, 9.17) is 9.47 Å². The van der Waals surface area contributed by atoms with Crippen LogP contribution in [-0.4, -0.2) is 36.3 Å². The van der Waals surface area contributed by atoms with Crippen LogP contribution < -0.4 is 20.1 Å². The van der Waals surface area contributed by atoms with Gasteiger partial charge in [-0.25, -0.2) is 9.78 Å². The highest BCUT2D eigenvalue weighted by Crippen LogP contribution is 2.28. The molecular formula is C21H24N4O3. The van der Waals surface area contributed by atoms with Gasteiger partial charge in [-0.15, -0.1) is 0 Å². The Hall–Kier alpha value is -3.48. The molecule has 28 heavy (non-hydrogen) atoms. The minimum absolute atomic E-state index is 0.280. The highest BCUT2D eigenvalue weighted by molar-refractivity contribution is 5.91. The number of benzene rings is 2. The van der Waals surface area contributed by atoms with Crippen LogP contribution in [0.2, 0.25) is 0 Å². The summed E-state index contributed by atoms with van der Waals surface area (Å²) in [4.78, 5) is 16.6. The lowest BCUT2D eigenvalue weighted by Crippen LogP contribution is -2.30. The van der Waals surface area contributed by atoms with Gasteiger partial charge in [0.2, 0.25) is 0 Å². The summed E-state index contributed by atoms with van der Waals surface area (Å²) in [7, 11) is 3.13. The number of nitrogens with one attached hydrogen (secondary N) is 2. The summed E-state index contributed by atoms with van der Waals surface area (Å²) in [5.74, 6) is 2.13. The molecule has 0 aliphatic carbocycles. The first-order chi connectivity index (χ1) is 13.7. The van der Waals surface area contributed by atoms with E-state index in [9.17, 15) is 4.79 Å². The fourth-order valence-corrected chi connectivity index (χ4v) is 2.86. The number of urea groups is 1. The summed E-state index contributed by atoms with van der Waals surface area (Å²) < 4.78 is 12.5. The van der Waals surface area contributed by atoms with Gasteiger partial charge in [0.25, 0.3) is 0 Å². The molecule has 146 valence electrons. The summed E-state index contributed by atoms with van der Waals surface area (Å²) in [6.07, 6.45) is 4.52. The number of ether oxygens (including phenoxy) is 2. The van der Waals surface area contributed by atoms with Gasteiger partial charge in [-0.3, -0.25) is 0 Å². The molecule has 2 aromatic carbocycles. The number of aromatic nitrogens is 2. The van der Waals surface area contributed by atoms with Gasteiger partial charge in [0, 0.05) is 37.1 Å². The molecule has 2 N–H and O–H groups in total. The largest absolute Gasteiger partial charge is 0.497 e. The number of hydrogen-bond donors (Lipinski definition) is 2. The monoisotopic (exact) mass is 380 g/mol. The Morgan fingerprint density at radius 1 is 1.11 bits per heavy atom. The van der Waals surface area contributed by atoms with Crippen molar-refractivity contribution in [3.8, 4) is 22.9 Å². The second-order valence-corrected chi connectivity index (χ2v) is 6.11. The molecule has 3 aromatic rings. The fraction of sp³-hybridized carbons (Fsp3) is 0.238. The maximum absolute atomic E-state index is 12.2. The molecule has 7 heteroatoms. The first-order valence-corrected chi connectivity index (χ1v) is 9.04. The Morgan fingerprint density at radius 3 is 2.68 bits per heavy atom. The van der Waals surface area contributed by atoms with E-state index < -0.39 is 0 Å². The van der Waals surface area contributed by atoms with Crippen LogP contribution in [0.4, 0.5) is 10.5 Å². The zero-order valence-corrected chi connectivity index (χ0v) is 16.0. The van der Waals surface area contributed by atoms with E-state index in [1.165, 1.54) is 0 Å². The average Bonchev–Trinajstić information content (AvgIpc) is 3.20. The molecule has 3 rings (SSSR count). The van der Waals surface area contributed by atoms with Gasteiger partial charge in [-0.05, 0) is 18.6 Å². The van der Waals surface area contributed by atoms with Gasteiger partial charge < -0.3 is 24.7 Å². The minimum Gasteiger partial charge on any atom is -0.497 e. The quantitative estimate of drug-likeness (QED) is 0.583. The van der Waals surface area contributed by atoms with Crippen molar-refractivity contribution in [3.63, 3.8) is 0 Å². The van der Waals surface area contributed by atoms with Crippen molar-refractivity contribution in [2.75, 3.05) is 26.1 Å². The zero-order chi connectivity index (χ0) is 19.8. The first kappa shape index (κ1) is 19.3. The number of anilines is 1. The fourth-order valence-electron chi connectivity index (χ4n) is 2.86. The zero-order valence-electron chi connectivity index (χ0n) is 16.0. The number of carbonyl (C=O) groups excluding carboxylic acids is 1. The summed E-state index contributed by atoms with van der Waals surface area (Å²) >= 11 is 0. The van der Waals surface area contributed by atoms with Crippen LogP contribution >= 0.6 is 0 Å². The molecule has 2 amide bonds. The van der Waals surface area contributed by atoms with E-state index >= 15 is 0 Å². The average molecular weight is 380 g/mol. The van der Waals surface area contributed by atoms with Crippen LogP contribution in [0.15, 0.2) is 60.9 Å². The van der Waals surface area contributed by atoms with Crippen LogP contribution in [0, 0.1) is 0 Å². The molecule has 0 saturated heterocycles. The third-order valence-corrected chi connectivity index (χ3v) is 4.27. The predicted octanol–water partition coefficient (Wildman–Crippen LogP) is 3.78. The van der Waals surface area contributed by atoms with Crippen LogP contribution in [-0.2, 0) is 6.54 Å². The maximum atomic E-state index is 12.2. The highest BCUT2D eigenvalue weighted by atomic mass is 16.5. The molecule has 0 unspecified atom stereocenters. The lowest BCUT2D eigenvalue weighted by atomic mass is 10.2. The normalized spacial score (nSPS) is 10.4. The Labute approximate surface area is 164 Å². The molecule has 1 aromatic heterocycles. The summed E-state index contributed by atoms with van der Waals surface area (Å²) in [6.45, 7) is 1.30. The van der Waals surface area contributed by atoms with Gasteiger partial charge in [0.15, 0.2) is 0 Å². The summed E-state index contributed by atoms with van der Waals surface area (Å²) in [6, 6.07) is 15.0. The molecule has 0 spiro atoms. The number of hydrogen-bond acceptors (Lipinski definition) is 4. The number of carbonyl (C=O) groups is 1. The SMILES string of the molecule is COc1ccc(NC(=O)NCCCn2ccnc2-c2ccccc2)c(OC)c1. The van der Waals surface area contributed by atoms with Crippen LogP contribution in [0.25, 0.3) is 11.4 Å². The lowest BCUT2D eigenvalue weighted by Gasteiger charge is -2.13. The number of nitrogens with zero attached hydrogens (tertiary/aromatic N) is 2. The Balaban J connectivity index is 1.49. The van der Waals surface area contributed by atoms with E-state index in [1.807, 2.05) is 36.5 Å². The molecule has 0 atom stereocenters. The van der Waals surface area contributed by atoms with E-state index in [-0.39, 0.29) is 6.03 Å². The Kier molecular flexibility index (Phi) is 6.51. The topological polar surface area (TPSA) is 77.4 Å². The van der Waals surface area contributed by atoms with Crippen LogP contribution in [0.1, 0.15) is 6.42 Å². The van der Waals surface area contributed by atoms with Crippen molar-refractivity contribution in [3.05, 3.63) is 60.9 Å². The molecule has 0 bridgehead atoms. The molecule has 1 heterocycles. The maximum Gasteiger partial charge on any atom is 0.319 e. The number of imidazole rings is 1. The molecule has 0 radical (unpaired) electrons. The highest BCUT2D eigenvalue weighted by Gasteiger charge is 2.09. The molecule has 7 nitrogen and oxygen atoms in total. The number of aryl methyl sites for hydroxylation is 1. The number of amides is 2. The van der Waals surface area contributed by atoms with E-state index in [0.29, 0.717) is 23.7 Å². The van der Waals surface area contributed by atoms with E-state index in [1.54, 1.807) is 38.6 Å². The van der Waals surface area contributed by atoms with Crippen LogP contribution in [0.3, 0.4) is 0 Å². The minimum atomic E-state index is -0.280. The van der Waals surface area contributed by atoms with Crippen molar-refractivity contribution < 1.29 is 14.3 Å². The molecule has 0 aliphatic heterocycles. The van der Waals surface area contributed by atoms with Gasteiger partial charge in [-0.1, -0.05) is 30.3 Å². The van der Waals surface area contributed by atoms with Crippen molar-refractivity contribution in [1.82, 2.24) is 14.9 Å². The number of rotatable bonds is 8. The van der Waals surface area contributed by atoms with Crippen LogP contribution in [0.5, 0.6) is 11.5 Å². The third kappa shape index (κ3) is 4.82. The van der Waals surface area contributed by atoms with Gasteiger partial charge in [-0.2, -0.15) is 0 Å². The van der Waals surface area contributed by atoms with E-state index in [0.717, 1.165) is 24.4 Å². The molecule has 0 fully saturated rings.